The van der Waals surface area contributed by atoms with Crippen molar-refractivity contribution in [3.05, 3.63) is 48.0 Å². The van der Waals surface area contributed by atoms with Crippen LogP contribution in [-0.4, -0.2) is 9.55 Å². The number of nitrogens with zero attached hydrogens (tertiary/aromatic N) is 2. The van der Waals surface area contributed by atoms with Crippen molar-refractivity contribution >= 4 is 0 Å². The van der Waals surface area contributed by atoms with Crippen LogP contribution in [0.1, 0.15) is 70.1 Å². The summed E-state index contributed by atoms with van der Waals surface area (Å²) >= 11 is 0. The molecule has 2 aromatic rings. The van der Waals surface area contributed by atoms with Gasteiger partial charge in [0.15, 0.2) is 0 Å². The molecule has 1 aromatic heterocycles. The summed E-state index contributed by atoms with van der Waals surface area (Å²) in [5.74, 6) is 0. The fourth-order valence-corrected chi connectivity index (χ4v) is 2.88. The number of rotatable bonds is 10. The zero-order valence-electron chi connectivity index (χ0n) is 14.2. The second-order valence-electron chi connectivity index (χ2n) is 6.19. The van der Waals surface area contributed by atoms with Gasteiger partial charge in [0.05, 0.1) is 6.33 Å². The highest BCUT2D eigenvalue weighted by Gasteiger charge is 2.04. The molecule has 2 rings (SSSR count). The minimum Gasteiger partial charge on any atom is -0.303 e. The molecule has 0 aliphatic heterocycles. The van der Waals surface area contributed by atoms with Crippen LogP contribution in [0.25, 0.3) is 5.69 Å². The van der Waals surface area contributed by atoms with Gasteiger partial charge in [-0.1, -0.05) is 58.1 Å². The predicted molar refractivity (Wildman–Crippen MR) is 94.6 cm³/mol. The van der Waals surface area contributed by atoms with E-state index >= 15 is 0 Å². The van der Waals surface area contributed by atoms with Gasteiger partial charge in [-0.3, -0.25) is 0 Å². The summed E-state index contributed by atoms with van der Waals surface area (Å²) in [6.45, 7) is 4.51. The van der Waals surface area contributed by atoms with E-state index < -0.39 is 0 Å². The lowest BCUT2D eigenvalue weighted by atomic mass is 10.1. The predicted octanol–water partition coefficient (Wildman–Crippen LogP) is 5.73. The van der Waals surface area contributed by atoms with E-state index in [1.807, 2.05) is 12.5 Å². The molecule has 0 amide bonds. The standard InChI is InChI=1S/C20H30N2/c1-3-5-7-9-10-18-12-14-19(15-13-18)22-17-21-16-20(22)11-8-6-4-2/h12-17H,3-11H2,1-2H3. The zero-order valence-corrected chi connectivity index (χ0v) is 14.2. The van der Waals surface area contributed by atoms with Gasteiger partial charge in [0.2, 0.25) is 0 Å². The van der Waals surface area contributed by atoms with Crippen LogP contribution in [0, 0.1) is 0 Å². The van der Waals surface area contributed by atoms with Gasteiger partial charge in [-0.05, 0) is 43.4 Å². The molecule has 22 heavy (non-hydrogen) atoms. The Morgan fingerprint density at radius 1 is 0.818 bits per heavy atom. The Kier molecular flexibility index (Phi) is 7.21. The molecule has 0 saturated carbocycles. The SMILES string of the molecule is CCCCCCc1ccc(-n2cncc2CCCCC)cc1. The maximum absolute atomic E-state index is 4.33. The minimum absolute atomic E-state index is 1.12. The monoisotopic (exact) mass is 298 g/mol. The van der Waals surface area contributed by atoms with Crippen molar-refractivity contribution < 1.29 is 0 Å². The maximum atomic E-state index is 4.33. The van der Waals surface area contributed by atoms with E-state index in [9.17, 15) is 0 Å². The summed E-state index contributed by atoms with van der Waals surface area (Å²) in [5, 5.41) is 0. The van der Waals surface area contributed by atoms with E-state index in [-0.39, 0.29) is 0 Å². The van der Waals surface area contributed by atoms with Crippen molar-refractivity contribution in [3.8, 4) is 5.69 Å². The molecule has 0 aliphatic carbocycles. The average Bonchev–Trinajstić information content (AvgIpc) is 3.01. The van der Waals surface area contributed by atoms with Gasteiger partial charge in [0.25, 0.3) is 0 Å². The van der Waals surface area contributed by atoms with Crippen LogP contribution in [0.3, 0.4) is 0 Å². The largest absolute Gasteiger partial charge is 0.303 e. The van der Waals surface area contributed by atoms with E-state index in [1.165, 1.54) is 68.3 Å². The molecule has 2 heteroatoms. The van der Waals surface area contributed by atoms with E-state index in [2.05, 4.69) is 47.7 Å². The normalized spacial score (nSPS) is 11.0. The third kappa shape index (κ3) is 5.01. The molecular weight excluding hydrogens is 268 g/mol. The van der Waals surface area contributed by atoms with E-state index in [4.69, 9.17) is 0 Å². The molecule has 0 aliphatic rings. The quantitative estimate of drug-likeness (QED) is 0.512. The Morgan fingerprint density at radius 3 is 2.23 bits per heavy atom. The van der Waals surface area contributed by atoms with Crippen molar-refractivity contribution in [3.63, 3.8) is 0 Å². The topological polar surface area (TPSA) is 17.8 Å². The number of benzene rings is 1. The smallest absolute Gasteiger partial charge is 0.0994 e. The summed E-state index contributed by atoms with van der Waals surface area (Å²) in [7, 11) is 0. The highest BCUT2D eigenvalue weighted by molar-refractivity contribution is 5.36. The lowest BCUT2D eigenvalue weighted by Gasteiger charge is -2.09. The van der Waals surface area contributed by atoms with Crippen molar-refractivity contribution in [2.75, 3.05) is 0 Å². The first-order valence-electron chi connectivity index (χ1n) is 8.95. The molecular formula is C20H30N2. The van der Waals surface area contributed by atoms with Gasteiger partial charge in [-0.25, -0.2) is 4.98 Å². The third-order valence-corrected chi connectivity index (χ3v) is 4.29. The maximum Gasteiger partial charge on any atom is 0.0994 e. The Hall–Kier alpha value is -1.57. The van der Waals surface area contributed by atoms with Crippen LogP contribution in [0.2, 0.25) is 0 Å². The fraction of sp³-hybridized carbons (Fsp3) is 0.550. The minimum atomic E-state index is 1.12. The number of hydrogen-bond donors (Lipinski definition) is 0. The van der Waals surface area contributed by atoms with Gasteiger partial charge >= 0.3 is 0 Å². The zero-order chi connectivity index (χ0) is 15.6. The molecule has 0 N–H and O–H groups in total. The number of aryl methyl sites for hydroxylation is 2. The van der Waals surface area contributed by atoms with Crippen LogP contribution in [-0.2, 0) is 12.8 Å². The summed E-state index contributed by atoms with van der Waals surface area (Å²) in [6.07, 6.45) is 15.4. The third-order valence-electron chi connectivity index (χ3n) is 4.29. The van der Waals surface area contributed by atoms with Gasteiger partial charge < -0.3 is 4.57 Å². The summed E-state index contributed by atoms with van der Waals surface area (Å²) in [5.41, 5.74) is 4.01. The summed E-state index contributed by atoms with van der Waals surface area (Å²) in [4.78, 5) is 4.33. The number of imidazole rings is 1. The molecule has 0 fully saturated rings. The van der Waals surface area contributed by atoms with Gasteiger partial charge in [-0.15, -0.1) is 0 Å². The number of unbranched alkanes of at least 4 members (excludes halogenated alkanes) is 5. The molecule has 0 atom stereocenters. The highest BCUT2D eigenvalue weighted by Crippen LogP contribution is 2.16. The van der Waals surface area contributed by atoms with E-state index in [0.29, 0.717) is 0 Å². The fourth-order valence-electron chi connectivity index (χ4n) is 2.88. The van der Waals surface area contributed by atoms with E-state index in [0.717, 1.165) is 6.42 Å². The van der Waals surface area contributed by atoms with Crippen LogP contribution in [0.5, 0.6) is 0 Å². The second kappa shape index (κ2) is 9.45. The van der Waals surface area contributed by atoms with Crippen molar-refractivity contribution in [1.29, 1.82) is 0 Å². The molecule has 2 nitrogen and oxygen atoms in total. The Morgan fingerprint density at radius 2 is 1.50 bits per heavy atom. The van der Waals surface area contributed by atoms with E-state index in [1.54, 1.807) is 0 Å². The first kappa shape index (κ1) is 16.8. The van der Waals surface area contributed by atoms with Crippen LogP contribution < -0.4 is 0 Å². The molecule has 0 radical (unpaired) electrons. The molecule has 0 unspecified atom stereocenters. The highest BCUT2D eigenvalue weighted by atomic mass is 15.0. The lowest BCUT2D eigenvalue weighted by Crippen LogP contribution is -1.99. The Balaban J connectivity index is 1.94. The Labute approximate surface area is 135 Å². The molecule has 0 saturated heterocycles. The van der Waals surface area contributed by atoms with Crippen molar-refractivity contribution in [2.24, 2.45) is 0 Å². The number of aromatic nitrogens is 2. The van der Waals surface area contributed by atoms with Crippen molar-refractivity contribution in [1.82, 2.24) is 9.55 Å². The molecule has 120 valence electrons. The first-order valence-corrected chi connectivity index (χ1v) is 8.95. The van der Waals surface area contributed by atoms with Crippen LogP contribution in [0.4, 0.5) is 0 Å². The summed E-state index contributed by atoms with van der Waals surface area (Å²) in [6, 6.07) is 9.02. The van der Waals surface area contributed by atoms with Crippen LogP contribution in [0.15, 0.2) is 36.8 Å². The Bertz CT molecular complexity index is 525. The average molecular weight is 298 g/mol. The van der Waals surface area contributed by atoms with Gasteiger partial charge in [0.1, 0.15) is 0 Å². The lowest BCUT2D eigenvalue weighted by molar-refractivity contribution is 0.667. The van der Waals surface area contributed by atoms with Gasteiger partial charge in [-0.2, -0.15) is 0 Å². The first-order chi connectivity index (χ1) is 10.8. The molecule has 0 spiro atoms. The molecule has 1 aromatic carbocycles. The molecule has 0 bridgehead atoms. The second-order valence-corrected chi connectivity index (χ2v) is 6.19. The number of hydrogen-bond acceptors (Lipinski definition) is 1. The van der Waals surface area contributed by atoms with Gasteiger partial charge in [0, 0.05) is 17.6 Å². The van der Waals surface area contributed by atoms with Crippen molar-refractivity contribution in [2.45, 2.75) is 71.6 Å². The summed E-state index contributed by atoms with van der Waals surface area (Å²) < 4.78 is 2.23. The molecule has 1 heterocycles. The van der Waals surface area contributed by atoms with Crippen LogP contribution >= 0.6 is 0 Å².